The molecule has 0 aliphatic rings. The normalized spacial score (nSPS) is 11.7. The number of anilines is 2. The first kappa shape index (κ1) is 23.3. The summed E-state index contributed by atoms with van der Waals surface area (Å²) < 4.78 is 6.82. The van der Waals surface area contributed by atoms with Crippen LogP contribution in [0.2, 0.25) is 0 Å². The van der Waals surface area contributed by atoms with Crippen LogP contribution in [-0.2, 0) is 10.5 Å². The zero-order valence-corrected chi connectivity index (χ0v) is 19.9. The fourth-order valence-corrected chi connectivity index (χ4v) is 4.59. The molecule has 0 aliphatic heterocycles. The van der Waals surface area contributed by atoms with Gasteiger partial charge in [-0.3, -0.25) is 14.3 Å². The molecule has 1 unspecified atom stereocenters. The summed E-state index contributed by atoms with van der Waals surface area (Å²) in [6.07, 6.45) is 3.37. The average Bonchev–Trinajstić information content (AvgIpc) is 3.48. The molecule has 0 saturated heterocycles. The van der Waals surface area contributed by atoms with Crippen LogP contribution in [0.1, 0.15) is 40.3 Å². The van der Waals surface area contributed by atoms with Crippen molar-refractivity contribution >= 4 is 35.0 Å². The van der Waals surface area contributed by atoms with Gasteiger partial charge in [0.05, 0.1) is 11.3 Å². The summed E-state index contributed by atoms with van der Waals surface area (Å²) in [5.74, 6) is 1.01. The summed E-state index contributed by atoms with van der Waals surface area (Å²) >= 11 is 1.56. The van der Waals surface area contributed by atoms with Gasteiger partial charge in [-0.25, -0.2) is 0 Å². The lowest BCUT2D eigenvalue weighted by atomic mass is 10.2. The van der Waals surface area contributed by atoms with Gasteiger partial charge >= 0.3 is 0 Å². The van der Waals surface area contributed by atoms with Crippen molar-refractivity contribution in [3.8, 4) is 0 Å². The highest BCUT2D eigenvalue weighted by Gasteiger charge is 2.17. The van der Waals surface area contributed by atoms with Crippen molar-refractivity contribution < 1.29 is 14.1 Å². The second-order valence-corrected chi connectivity index (χ2v) is 8.79. The lowest BCUT2D eigenvalue weighted by molar-refractivity contribution is -0.119. The number of nitrogens with one attached hydrogen (secondary N) is 2. The highest BCUT2D eigenvalue weighted by atomic mass is 32.2. The van der Waals surface area contributed by atoms with E-state index in [1.807, 2.05) is 32.0 Å². The monoisotopic (exact) mass is 475 g/mol. The van der Waals surface area contributed by atoms with Crippen molar-refractivity contribution in [2.45, 2.75) is 37.5 Å². The molecule has 0 fully saturated rings. The second kappa shape index (κ2) is 10.4. The molecule has 4 aromatic rings. The van der Waals surface area contributed by atoms with Crippen LogP contribution in [-0.4, -0.2) is 26.8 Å². The lowest BCUT2D eigenvalue weighted by Gasteiger charge is -2.14. The number of hydrogen-bond donors (Lipinski definition) is 2. The van der Waals surface area contributed by atoms with E-state index in [-0.39, 0.29) is 11.8 Å². The Kier molecular flexibility index (Phi) is 7.12. The van der Waals surface area contributed by atoms with Gasteiger partial charge in [-0.1, -0.05) is 23.4 Å². The Labute approximate surface area is 201 Å². The summed E-state index contributed by atoms with van der Waals surface area (Å²) in [5.41, 5.74) is 3.63. The Bertz CT molecular complexity index is 1280. The van der Waals surface area contributed by atoms with E-state index in [1.165, 1.54) is 0 Å². The molecule has 9 heteroatoms. The van der Waals surface area contributed by atoms with Crippen LogP contribution in [0.3, 0.4) is 0 Å². The van der Waals surface area contributed by atoms with E-state index in [1.54, 1.807) is 72.2 Å². The molecule has 174 valence electrons. The first-order chi connectivity index (χ1) is 16.4. The number of benzene rings is 2. The largest absolute Gasteiger partial charge is 0.361 e. The molecule has 2 heterocycles. The predicted molar refractivity (Wildman–Crippen MR) is 132 cm³/mol. The number of thioether (sulfide) groups is 1. The van der Waals surface area contributed by atoms with Crippen LogP contribution in [0.25, 0.3) is 0 Å². The quantitative estimate of drug-likeness (QED) is 0.338. The Morgan fingerprint density at radius 2 is 1.82 bits per heavy atom. The maximum atomic E-state index is 13.1. The van der Waals surface area contributed by atoms with E-state index in [4.69, 9.17) is 4.52 Å². The summed E-state index contributed by atoms with van der Waals surface area (Å²) in [7, 11) is 0. The van der Waals surface area contributed by atoms with Gasteiger partial charge in [0.1, 0.15) is 11.8 Å². The molecule has 0 spiro atoms. The van der Waals surface area contributed by atoms with Crippen LogP contribution < -0.4 is 10.6 Å². The summed E-state index contributed by atoms with van der Waals surface area (Å²) in [5, 5.41) is 13.9. The molecule has 2 amide bonds. The molecule has 8 nitrogen and oxygen atoms in total. The van der Waals surface area contributed by atoms with Crippen molar-refractivity contribution in [3.63, 3.8) is 0 Å². The number of rotatable bonds is 8. The standard InChI is InChI=1S/C25H25N5O3S/c1-16-22(18(3)33-29-16)15-34-23-11-5-4-10-21(23)25(32)28-20-9-6-8-19(14-20)27-24(31)17(2)30-13-7-12-26-30/h4-14,17H,15H2,1-3H3,(H,27,31)(H,28,32). The first-order valence-corrected chi connectivity index (χ1v) is 11.8. The van der Waals surface area contributed by atoms with Gasteiger partial charge < -0.3 is 15.2 Å². The minimum absolute atomic E-state index is 0.201. The molecule has 1 atom stereocenters. The Hall–Kier alpha value is -3.85. The Balaban J connectivity index is 1.44. The van der Waals surface area contributed by atoms with Crippen LogP contribution in [0, 0.1) is 13.8 Å². The van der Waals surface area contributed by atoms with E-state index < -0.39 is 6.04 Å². The summed E-state index contributed by atoms with van der Waals surface area (Å²) in [6.45, 7) is 5.56. The third-order valence-electron chi connectivity index (χ3n) is 5.37. The first-order valence-electron chi connectivity index (χ1n) is 10.8. The predicted octanol–water partition coefficient (Wildman–Crippen LogP) is 5.23. The van der Waals surface area contributed by atoms with Crippen LogP contribution in [0.5, 0.6) is 0 Å². The number of carbonyl (C=O) groups excluding carboxylic acids is 2. The van der Waals surface area contributed by atoms with Gasteiger partial charge in [0.25, 0.3) is 5.91 Å². The maximum absolute atomic E-state index is 13.1. The third kappa shape index (κ3) is 5.37. The van der Waals surface area contributed by atoms with Crippen LogP contribution >= 0.6 is 11.8 Å². The van der Waals surface area contributed by atoms with Crippen LogP contribution in [0.15, 0.2) is 76.4 Å². The molecular formula is C25H25N5O3S. The number of aryl methyl sites for hydroxylation is 2. The molecule has 4 rings (SSSR count). The molecule has 2 aromatic carbocycles. The van der Waals surface area contributed by atoms with Gasteiger partial charge in [0.2, 0.25) is 5.91 Å². The fourth-order valence-electron chi connectivity index (χ4n) is 3.39. The SMILES string of the molecule is Cc1noc(C)c1CSc1ccccc1C(=O)Nc1cccc(NC(=O)C(C)n2cccn2)c1. The van der Waals surface area contributed by atoms with E-state index in [0.29, 0.717) is 22.7 Å². The van der Waals surface area contributed by atoms with E-state index >= 15 is 0 Å². The number of hydrogen-bond acceptors (Lipinski definition) is 6. The smallest absolute Gasteiger partial charge is 0.256 e. The van der Waals surface area contributed by atoms with Crippen molar-refractivity contribution in [2.24, 2.45) is 0 Å². The van der Waals surface area contributed by atoms with Gasteiger partial charge in [-0.05, 0) is 57.2 Å². The molecule has 2 aromatic heterocycles. The fraction of sp³-hybridized carbons (Fsp3) is 0.200. The molecule has 0 bridgehead atoms. The van der Waals surface area contributed by atoms with Crippen molar-refractivity contribution in [3.05, 3.63) is 89.6 Å². The summed E-state index contributed by atoms with van der Waals surface area (Å²) in [4.78, 5) is 26.5. The van der Waals surface area contributed by atoms with Gasteiger partial charge in [-0.2, -0.15) is 5.10 Å². The molecule has 0 radical (unpaired) electrons. The lowest BCUT2D eigenvalue weighted by Crippen LogP contribution is -2.24. The van der Waals surface area contributed by atoms with Gasteiger partial charge in [0, 0.05) is 40.0 Å². The highest BCUT2D eigenvalue weighted by Crippen LogP contribution is 2.29. The maximum Gasteiger partial charge on any atom is 0.256 e. The zero-order chi connectivity index (χ0) is 24.1. The van der Waals surface area contributed by atoms with Crippen molar-refractivity contribution in [1.29, 1.82) is 0 Å². The number of aromatic nitrogens is 3. The Morgan fingerprint density at radius 3 is 2.53 bits per heavy atom. The van der Waals surface area contributed by atoms with E-state index in [2.05, 4.69) is 20.9 Å². The third-order valence-corrected chi connectivity index (χ3v) is 6.47. The van der Waals surface area contributed by atoms with E-state index in [0.717, 1.165) is 21.9 Å². The minimum Gasteiger partial charge on any atom is -0.361 e. The van der Waals surface area contributed by atoms with Crippen LogP contribution in [0.4, 0.5) is 11.4 Å². The van der Waals surface area contributed by atoms with Gasteiger partial charge in [0.15, 0.2) is 0 Å². The molecule has 34 heavy (non-hydrogen) atoms. The molecule has 0 saturated carbocycles. The number of nitrogens with zero attached hydrogens (tertiary/aromatic N) is 3. The van der Waals surface area contributed by atoms with Crippen molar-refractivity contribution in [1.82, 2.24) is 14.9 Å². The average molecular weight is 476 g/mol. The zero-order valence-electron chi connectivity index (χ0n) is 19.1. The van der Waals surface area contributed by atoms with E-state index in [9.17, 15) is 9.59 Å². The molecular weight excluding hydrogens is 450 g/mol. The second-order valence-electron chi connectivity index (χ2n) is 7.77. The Morgan fingerprint density at radius 1 is 1.06 bits per heavy atom. The molecule has 0 aliphatic carbocycles. The number of carbonyl (C=O) groups is 2. The topological polar surface area (TPSA) is 102 Å². The summed E-state index contributed by atoms with van der Waals surface area (Å²) in [6, 6.07) is 15.8. The highest BCUT2D eigenvalue weighted by molar-refractivity contribution is 7.98. The minimum atomic E-state index is -0.463. The molecule has 2 N–H and O–H groups in total. The van der Waals surface area contributed by atoms with Gasteiger partial charge in [-0.15, -0.1) is 11.8 Å². The number of amides is 2. The van der Waals surface area contributed by atoms with Crippen molar-refractivity contribution in [2.75, 3.05) is 10.6 Å².